The molecule has 0 aliphatic carbocycles. The Morgan fingerprint density at radius 1 is 1.30 bits per heavy atom. The number of sulfonamides is 1. The van der Waals surface area contributed by atoms with Crippen LogP contribution < -0.4 is 0 Å². The van der Waals surface area contributed by atoms with Crippen LogP contribution in [0.25, 0.3) is 0 Å². The van der Waals surface area contributed by atoms with Crippen molar-refractivity contribution in [3.63, 3.8) is 0 Å². The average Bonchev–Trinajstić information content (AvgIpc) is 2.47. The maximum Gasteiger partial charge on any atom is 0.289 e. The van der Waals surface area contributed by atoms with Crippen LogP contribution in [-0.2, 0) is 14.8 Å². The SMILES string of the molecule is COC1CCN(S(=O)(=O)c2ccccc2[N+](=O)[O-])CC1. The van der Waals surface area contributed by atoms with E-state index in [1.54, 1.807) is 7.11 Å². The molecule has 0 atom stereocenters. The van der Waals surface area contributed by atoms with Crippen molar-refractivity contribution in [3.05, 3.63) is 34.4 Å². The van der Waals surface area contributed by atoms with Crippen LogP contribution in [0.1, 0.15) is 12.8 Å². The van der Waals surface area contributed by atoms with E-state index in [0.717, 1.165) is 0 Å². The maximum absolute atomic E-state index is 12.5. The van der Waals surface area contributed by atoms with Crippen LogP contribution in [0, 0.1) is 10.1 Å². The van der Waals surface area contributed by atoms with E-state index in [-0.39, 0.29) is 16.7 Å². The van der Waals surface area contributed by atoms with Gasteiger partial charge in [-0.05, 0) is 18.9 Å². The second-order valence-corrected chi connectivity index (χ2v) is 6.47. The van der Waals surface area contributed by atoms with Crippen LogP contribution in [0.2, 0.25) is 0 Å². The van der Waals surface area contributed by atoms with Crippen molar-refractivity contribution in [1.82, 2.24) is 4.31 Å². The summed E-state index contributed by atoms with van der Waals surface area (Å²) in [5.41, 5.74) is -0.388. The summed E-state index contributed by atoms with van der Waals surface area (Å²) in [7, 11) is -2.24. The lowest BCUT2D eigenvalue weighted by Crippen LogP contribution is -2.40. The third-order valence-electron chi connectivity index (χ3n) is 3.41. The molecule has 8 heteroatoms. The Labute approximate surface area is 117 Å². The molecule has 1 aliphatic heterocycles. The smallest absolute Gasteiger partial charge is 0.289 e. The van der Waals surface area contributed by atoms with E-state index >= 15 is 0 Å². The quantitative estimate of drug-likeness (QED) is 0.619. The molecule has 0 amide bonds. The van der Waals surface area contributed by atoms with Gasteiger partial charge in [0.2, 0.25) is 10.0 Å². The number of methoxy groups -OCH3 is 1. The third kappa shape index (κ3) is 2.82. The van der Waals surface area contributed by atoms with E-state index in [0.29, 0.717) is 25.9 Å². The Bertz CT molecular complexity index is 594. The van der Waals surface area contributed by atoms with E-state index in [1.165, 1.54) is 28.6 Å². The Balaban J connectivity index is 2.30. The number of rotatable bonds is 4. The van der Waals surface area contributed by atoms with Gasteiger partial charge in [0.15, 0.2) is 4.90 Å². The van der Waals surface area contributed by atoms with E-state index in [4.69, 9.17) is 4.74 Å². The molecule has 20 heavy (non-hydrogen) atoms. The number of nitro benzene ring substituents is 1. The molecular weight excluding hydrogens is 284 g/mol. The van der Waals surface area contributed by atoms with Gasteiger partial charge < -0.3 is 4.74 Å². The van der Waals surface area contributed by atoms with Crippen molar-refractivity contribution in [3.8, 4) is 0 Å². The summed E-state index contributed by atoms with van der Waals surface area (Å²) >= 11 is 0. The molecule has 0 saturated carbocycles. The molecular formula is C12H16N2O5S. The lowest BCUT2D eigenvalue weighted by Gasteiger charge is -2.30. The predicted octanol–water partition coefficient (Wildman–Crippen LogP) is 1.39. The number of ether oxygens (including phenoxy) is 1. The molecule has 1 fully saturated rings. The highest BCUT2D eigenvalue weighted by Crippen LogP contribution is 2.28. The Morgan fingerprint density at radius 3 is 2.45 bits per heavy atom. The Morgan fingerprint density at radius 2 is 1.90 bits per heavy atom. The molecule has 0 N–H and O–H groups in total. The first-order valence-electron chi connectivity index (χ1n) is 6.23. The van der Waals surface area contributed by atoms with Crippen LogP contribution in [-0.4, -0.2) is 43.9 Å². The fourth-order valence-electron chi connectivity index (χ4n) is 2.27. The number of nitrogens with zero attached hydrogens (tertiary/aromatic N) is 2. The molecule has 0 radical (unpaired) electrons. The van der Waals surface area contributed by atoms with E-state index < -0.39 is 14.9 Å². The van der Waals surface area contributed by atoms with Crippen LogP contribution >= 0.6 is 0 Å². The minimum atomic E-state index is -3.83. The summed E-state index contributed by atoms with van der Waals surface area (Å²) in [6.45, 7) is 0.625. The van der Waals surface area contributed by atoms with Crippen LogP contribution in [0.3, 0.4) is 0 Å². The summed E-state index contributed by atoms with van der Waals surface area (Å²) < 4.78 is 31.4. The van der Waals surface area contributed by atoms with Gasteiger partial charge in [-0.2, -0.15) is 4.31 Å². The average molecular weight is 300 g/mol. The molecule has 2 rings (SSSR count). The minimum Gasteiger partial charge on any atom is -0.381 e. The van der Waals surface area contributed by atoms with Gasteiger partial charge in [-0.1, -0.05) is 12.1 Å². The van der Waals surface area contributed by atoms with Gasteiger partial charge in [0.05, 0.1) is 11.0 Å². The number of para-hydroxylation sites is 1. The van der Waals surface area contributed by atoms with Gasteiger partial charge in [-0.25, -0.2) is 8.42 Å². The van der Waals surface area contributed by atoms with Gasteiger partial charge in [0.25, 0.3) is 5.69 Å². The molecule has 0 bridgehead atoms. The molecule has 7 nitrogen and oxygen atoms in total. The molecule has 1 saturated heterocycles. The normalized spacial score (nSPS) is 18.1. The van der Waals surface area contributed by atoms with Gasteiger partial charge in [0.1, 0.15) is 0 Å². The zero-order valence-electron chi connectivity index (χ0n) is 11.1. The molecule has 110 valence electrons. The highest BCUT2D eigenvalue weighted by atomic mass is 32.2. The summed E-state index contributed by atoms with van der Waals surface area (Å²) in [6, 6.07) is 5.42. The Kier molecular flexibility index (Phi) is 4.36. The predicted molar refractivity (Wildman–Crippen MR) is 71.9 cm³/mol. The van der Waals surface area contributed by atoms with E-state index in [2.05, 4.69) is 0 Å². The lowest BCUT2D eigenvalue weighted by atomic mass is 10.1. The first kappa shape index (κ1) is 14.9. The van der Waals surface area contributed by atoms with Crippen molar-refractivity contribution in [2.45, 2.75) is 23.8 Å². The molecule has 1 aromatic rings. The van der Waals surface area contributed by atoms with Crippen molar-refractivity contribution in [1.29, 1.82) is 0 Å². The fraction of sp³-hybridized carbons (Fsp3) is 0.500. The van der Waals surface area contributed by atoms with Gasteiger partial charge in [-0.15, -0.1) is 0 Å². The van der Waals surface area contributed by atoms with Crippen molar-refractivity contribution >= 4 is 15.7 Å². The zero-order valence-corrected chi connectivity index (χ0v) is 11.9. The maximum atomic E-state index is 12.5. The molecule has 1 aliphatic rings. The van der Waals surface area contributed by atoms with Crippen molar-refractivity contribution in [2.75, 3.05) is 20.2 Å². The van der Waals surface area contributed by atoms with E-state index in [1.807, 2.05) is 0 Å². The first-order chi connectivity index (χ1) is 9.46. The Hall–Kier alpha value is -1.51. The summed E-state index contributed by atoms with van der Waals surface area (Å²) in [6.07, 6.45) is 1.24. The monoisotopic (exact) mass is 300 g/mol. The number of benzene rings is 1. The summed E-state index contributed by atoms with van der Waals surface area (Å²) in [5.74, 6) is 0. The fourth-order valence-corrected chi connectivity index (χ4v) is 3.90. The van der Waals surface area contributed by atoms with Crippen molar-refractivity contribution < 1.29 is 18.1 Å². The van der Waals surface area contributed by atoms with Gasteiger partial charge in [0, 0.05) is 26.3 Å². The number of hydrogen-bond acceptors (Lipinski definition) is 5. The standard InChI is InChI=1S/C12H16N2O5S/c1-19-10-6-8-13(9-7-10)20(17,18)12-5-3-2-4-11(12)14(15)16/h2-5,10H,6-9H2,1H3. The molecule has 1 aromatic carbocycles. The summed E-state index contributed by atoms with van der Waals surface area (Å²) in [5, 5.41) is 11.0. The second kappa shape index (κ2) is 5.86. The minimum absolute atomic E-state index is 0.0483. The zero-order chi connectivity index (χ0) is 14.8. The number of nitro groups is 1. The number of hydrogen-bond donors (Lipinski definition) is 0. The topological polar surface area (TPSA) is 89.8 Å². The van der Waals surface area contributed by atoms with Crippen LogP contribution in [0.15, 0.2) is 29.2 Å². The highest BCUT2D eigenvalue weighted by Gasteiger charge is 2.33. The van der Waals surface area contributed by atoms with Gasteiger partial charge >= 0.3 is 0 Å². The lowest BCUT2D eigenvalue weighted by molar-refractivity contribution is -0.387. The van der Waals surface area contributed by atoms with Crippen molar-refractivity contribution in [2.24, 2.45) is 0 Å². The molecule has 0 aromatic heterocycles. The number of piperidine rings is 1. The summed E-state index contributed by atoms with van der Waals surface area (Å²) in [4.78, 5) is 10.0. The van der Waals surface area contributed by atoms with E-state index in [9.17, 15) is 18.5 Å². The largest absolute Gasteiger partial charge is 0.381 e. The third-order valence-corrected chi connectivity index (χ3v) is 5.36. The first-order valence-corrected chi connectivity index (χ1v) is 7.67. The molecule has 0 unspecified atom stereocenters. The second-order valence-electron chi connectivity index (χ2n) is 4.56. The van der Waals surface area contributed by atoms with Crippen LogP contribution in [0.5, 0.6) is 0 Å². The molecule has 1 heterocycles. The van der Waals surface area contributed by atoms with Gasteiger partial charge in [-0.3, -0.25) is 10.1 Å². The molecule has 0 spiro atoms. The highest BCUT2D eigenvalue weighted by molar-refractivity contribution is 7.89. The van der Waals surface area contributed by atoms with Crippen LogP contribution in [0.4, 0.5) is 5.69 Å².